The van der Waals surface area contributed by atoms with E-state index >= 15 is 0 Å². The Hall–Kier alpha value is -1.56. The molecule has 2 aromatic rings. The quantitative estimate of drug-likeness (QED) is 0.716. The second-order valence-electron chi connectivity index (χ2n) is 3.87. The van der Waals surface area contributed by atoms with E-state index in [0.717, 1.165) is 28.3 Å². The van der Waals surface area contributed by atoms with Gasteiger partial charge in [-0.3, -0.25) is 0 Å². The van der Waals surface area contributed by atoms with Gasteiger partial charge in [-0.05, 0) is 13.3 Å². The number of aromatic nitrogens is 3. The smallest absolute Gasteiger partial charge is 0.340 e. The zero-order valence-electron chi connectivity index (χ0n) is 9.56. The Bertz CT molecular complexity index is 621. The molecule has 0 amide bonds. The van der Waals surface area contributed by atoms with Gasteiger partial charge in [0.15, 0.2) is 5.65 Å². The van der Waals surface area contributed by atoms with Gasteiger partial charge in [0.2, 0.25) is 0 Å². The highest BCUT2D eigenvalue weighted by molar-refractivity contribution is 7.99. The Kier molecular flexibility index (Phi) is 2.32. The second-order valence-corrected chi connectivity index (χ2v) is 4.97. The number of hydrogen-bond acceptors (Lipinski definition) is 5. The lowest BCUT2D eigenvalue weighted by atomic mass is 10.1. The predicted molar refractivity (Wildman–Crippen MR) is 63.5 cm³/mol. The molecule has 0 fully saturated rings. The molecule has 0 N–H and O–H groups in total. The van der Waals surface area contributed by atoms with Gasteiger partial charge >= 0.3 is 5.97 Å². The summed E-state index contributed by atoms with van der Waals surface area (Å²) in [5.74, 6) is 1.38. The SMILES string of the molecule is COC(=O)c1cn2nc(C)nc2c2c1SCC2. The van der Waals surface area contributed by atoms with E-state index in [2.05, 4.69) is 10.1 Å². The van der Waals surface area contributed by atoms with Crippen molar-refractivity contribution in [2.24, 2.45) is 0 Å². The van der Waals surface area contributed by atoms with E-state index in [1.165, 1.54) is 7.11 Å². The zero-order valence-corrected chi connectivity index (χ0v) is 10.4. The Morgan fingerprint density at radius 1 is 1.59 bits per heavy atom. The average molecular weight is 249 g/mol. The molecule has 0 aromatic carbocycles. The van der Waals surface area contributed by atoms with Crippen molar-refractivity contribution in [3.8, 4) is 0 Å². The predicted octanol–water partition coefficient (Wildman–Crippen LogP) is 1.47. The van der Waals surface area contributed by atoms with Crippen LogP contribution in [0.4, 0.5) is 0 Å². The molecule has 6 heteroatoms. The number of thioether (sulfide) groups is 1. The molecular formula is C11H11N3O2S. The van der Waals surface area contributed by atoms with Gasteiger partial charge in [-0.2, -0.15) is 5.10 Å². The van der Waals surface area contributed by atoms with E-state index in [4.69, 9.17) is 4.74 Å². The van der Waals surface area contributed by atoms with E-state index in [0.29, 0.717) is 11.4 Å². The summed E-state index contributed by atoms with van der Waals surface area (Å²) < 4.78 is 6.48. The number of ether oxygens (including phenoxy) is 1. The van der Waals surface area contributed by atoms with Gasteiger partial charge in [-0.15, -0.1) is 11.8 Å². The summed E-state index contributed by atoms with van der Waals surface area (Å²) in [7, 11) is 1.39. The van der Waals surface area contributed by atoms with Crippen molar-refractivity contribution in [2.75, 3.05) is 12.9 Å². The highest BCUT2D eigenvalue weighted by Crippen LogP contribution is 2.36. The Balaban J connectivity index is 2.33. The summed E-state index contributed by atoms with van der Waals surface area (Å²) in [6, 6.07) is 0. The number of fused-ring (bicyclic) bond motifs is 3. The number of esters is 1. The minimum atomic E-state index is -0.314. The van der Waals surface area contributed by atoms with Crippen LogP contribution in [-0.4, -0.2) is 33.4 Å². The van der Waals surface area contributed by atoms with Crippen molar-refractivity contribution in [3.63, 3.8) is 0 Å². The summed E-state index contributed by atoms with van der Waals surface area (Å²) in [5.41, 5.74) is 2.55. The van der Waals surface area contributed by atoms with Crippen LogP contribution in [0.2, 0.25) is 0 Å². The first-order valence-electron chi connectivity index (χ1n) is 5.30. The minimum absolute atomic E-state index is 0.314. The molecule has 0 radical (unpaired) electrons. The number of nitrogens with zero attached hydrogens (tertiary/aromatic N) is 3. The molecule has 0 saturated carbocycles. The van der Waals surface area contributed by atoms with Crippen LogP contribution in [0.15, 0.2) is 11.1 Å². The third-order valence-corrected chi connectivity index (χ3v) is 3.94. The molecule has 17 heavy (non-hydrogen) atoms. The zero-order chi connectivity index (χ0) is 12.0. The fraction of sp³-hybridized carbons (Fsp3) is 0.364. The Labute approximate surface area is 102 Å². The molecule has 0 saturated heterocycles. The number of hydrogen-bond donors (Lipinski definition) is 0. The normalized spacial score (nSPS) is 14.0. The van der Waals surface area contributed by atoms with Crippen LogP contribution in [0.5, 0.6) is 0 Å². The number of carbonyl (C=O) groups excluding carboxylic acids is 1. The van der Waals surface area contributed by atoms with Crippen molar-refractivity contribution in [1.29, 1.82) is 0 Å². The van der Waals surface area contributed by atoms with Crippen molar-refractivity contribution in [1.82, 2.24) is 14.6 Å². The molecule has 3 rings (SSSR count). The summed E-state index contributed by atoms with van der Waals surface area (Å²) in [5, 5.41) is 4.26. The molecule has 1 aliphatic heterocycles. The first kappa shape index (κ1) is 10.6. The topological polar surface area (TPSA) is 56.5 Å². The first-order valence-corrected chi connectivity index (χ1v) is 6.29. The van der Waals surface area contributed by atoms with Gasteiger partial charge in [-0.1, -0.05) is 0 Å². The number of rotatable bonds is 1. The molecule has 88 valence electrons. The highest BCUT2D eigenvalue weighted by Gasteiger charge is 2.25. The van der Waals surface area contributed by atoms with Crippen molar-refractivity contribution >= 4 is 23.4 Å². The molecule has 2 aromatic heterocycles. The van der Waals surface area contributed by atoms with Crippen molar-refractivity contribution in [2.45, 2.75) is 18.2 Å². The molecule has 0 unspecified atom stereocenters. The van der Waals surface area contributed by atoms with Crippen LogP contribution >= 0.6 is 11.8 Å². The van der Waals surface area contributed by atoms with Gasteiger partial charge in [0.1, 0.15) is 5.82 Å². The second kappa shape index (κ2) is 3.73. The Morgan fingerprint density at radius 2 is 2.41 bits per heavy atom. The van der Waals surface area contributed by atoms with Crippen LogP contribution < -0.4 is 0 Å². The monoisotopic (exact) mass is 249 g/mol. The van der Waals surface area contributed by atoms with Crippen LogP contribution in [0, 0.1) is 6.92 Å². The van der Waals surface area contributed by atoms with E-state index in [-0.39, 0.29) is 5.97 Å². The number of methoxy groups -OCH3 is 1. The number of pyridine rings is 1. The van der Waals surface area contributed by atoms with Gasteiger partial charge in [0.05, 0.1) is 12.7 Å². The van der Waals surface area contributed by atoms with Gasteiger partial charge < -0.3 is 4.74 Å². The van der Waals surface area contributed by atoms with Gasteiger partial charge in [0, 0.05) is 22.4 Å². The molecule has 5 nitrogen and oxygen atoms in total. The molecule has 3 heterocycles. The maximum atomic E-state index is 11.7. The third-order valence-electron chi connectivity index (χ3n) is 2.78. The summed E-state index contributed by atoms with van der Waals surface area (Å²) in [4.78, 5) is 17.1. The van der Waals surface area contributed by atoms with Crippen LogP contribution in [0.1, 0.15) is 21.7 Å². The van der Waals surface area contributed by atoms with Gasteiger partial charge in [-0.25, -0.2) is 14.3 Å². The molecule has 0 aliphatic carbocycles. The summed E-state index contributed by atoms with van der Waals surface area (Å²) in [6.07, 6.45) is 2.63. The van der Waals surface area contributed by atoms with Crippen molar-refractivity contribution < 1.29 is 9.53 Å². The van der Waals surface area contributed by atoms with E-state index in [1.54, 1.807) is 22.5 Å². The van der Waals surface area contributed by atoms with Crippen molar-refractivity contribution in [3.05, 3.63) is 23.1 Å². The standard InChI is InChI=1S/C11H11N3O2S/c1-6-12-10-7-3-4-17-9(7)8(11(15)16-2)5-14(10)13-6/h5H,3-4H2,1-2H3. The maximum Gasteiger partial charge on any atom is 0.340 e. The largest absolute Gasteiger partial charge is 0.465 e. The first-order chi connectivity index (χ1) is 8.20. The molecule has 0 spiro atoms. The highest BCUT2D eigenvalue weighted by atomic mass is 32.2. The fourth-order valence-corrected chi connectivity index (χ4v) is 3.24. The molecular weight excluding hydrogens is 238 g/mol. The molecule has 1 aliphatic rings. The lowest BCUT2D eigenvalue weighted by Crippen LogP contribution is -2.07. The summed E-state index contributed by atoms with van der Waals surface area (Å²) >= 11 is 1.68. The number of aryl methyl sites for hydroxylation is 2. The molecule has 0 bridgehead atoms. The van der Waals surface area contributed by atoms with E-state index in [1.807, 2.05) is 6.92 Å². The average Bonchev–Trinajstić information content (AvgIpc) is 2.91. The molecule has 0 atom stereocenters. The van der Waals surface area contributed by atoms with Crippen LogP contribution in [0.3, 0.4) is 0 Å². The van der Waals surface area contributed by atoms with Crippen LogP contribution in [0.25, 0.3) is 5.65 Å². The number of carbonyl (C=O) groups is 1. The van der Waals surface area contributed by atoms with E-state index < -0.39 is 0 Å². The summed E-state index contributed by atoms with van der Waals surface area (Å²) in [6.45, 7) is 1.85. The van der Waals surface area contributed by atoms with Crippen LogP contribution in [-0.2, 0) is 11.2 Å². The Morgan fingerprint density at radius 3 is 3.18 bits per heavy atom. The minimum Gasteiger partial charge on any atom is -0.465 e. The third kappa shape index (κ3) is 1.51. The lowest BCUT2D eigenvalue weighted by Gasteiger charge is -2.06. The van der Waals surface area contributed by atoms with Gasteiger partial charge in [0.25, 0.3) is 0 Å². The maximum absolute atomic E-state index is 11.7. The van der Waals surface area contributed by atoms with E-state index in [9.17, 15) is 4.79 Å². The lowest BCUT2D eigenvalue weighted by molar-refractivity contribution is 0.0596. The fourth-order valence-electron chi connectivity index (χ4n) is 2.07.